The molecule has 1 aromatic rings. The van der Waals surface area contributed by atoms with Gasteiger partial charge in [0.2, 0.25) is 0 Å². The van der Waals surface area contributed by atoms with Crippen LogP contribution in [0.15, 0.2) is 18.2 Å². The summed E-state index contributed by atoms with van der Waals surface area (Å²) in [7, 11) is 0. The van der Waals surface area contributed by atoms with E-state index in [4.69, 9.17) is 27.9 Å². The molecule has 3 rings (SSSR count). The number of fused-ring (bicyclic) bond motifs is 1. The third-order valence-corrected chi connectivity index (χ3v) is 4.88. The van der Waals surface area contributed by atoms with Crippen molar-refractivity contribution in [3.05, 3.63) is 28.2 Å². The topological polar surface area (TPSA) is 24.5 Å². The van der Waals surface area contributed by atoms with Gasteiger partial charge in [-0.25, -0.2) is 0 Å². The molecule has 110 valence electrons. The van der Waals surface area contributed by atoms with E-state index in [9.17, 15) is 0 Å². The molecule has 2 aliphatic rings. The standard InChI is InChI=1S/C15H20Cl2N2O/c16-13-1-2-15(14(17)7-13)20-6-5-19-4-3-11-8-18-9-12(11)10-19/h1-2,7,11-12,18H,3-6,8-10H2. The SMILES string of the molecule is Clc1ccc(OCCN2CCC3CNCC3C2)c(Cl)c1. The highest BCUT2D eigenvalue weighted by Gasteiger charge is 2.32. The van der Waals surface area contributed by atoms with E-state index in [1.807, 2.05) is 6.07 Å². The van der Waals surface area contributed by atoms with Gasteiger partial charge in [0.15, 0.2) is 0 Å². The predicted octanol–water partition coefficient (Wildman–Crippen LogP) is 2.91. The van der Waals surface area contributed by atoms with Crippen molar-refractivity contribution in [3.8, 4) is 5.75 Å². The molecule has 0 saturated carbocycles. The molecular weight excluding hydrogens is 295 g/mol. The highest BCUT2D eigenvalue weighted by Crippen LogP contribution is 2.28. The van der Waals surface area contributed by atoms with Crippen LogP contribution in [0.3, 0.4) is 0 Å². The first kappa shape index (κ1) is 14.5. The normalized spacial score (nSPS) is 26.5. The Morgan fingerprint density at radius 3 is 2.95 bits per heavy atom. The molecule has 0 aliphatic carbocycles. The van der Waals surface area contributed by atoms with Crippen LogP contribution in [0.4, 0.5) is 0 Å². The molecule has 5 heteroatoms. The summed E-state index contributed by atoms with van der Waals surface area (Å²) in [5.41, 5.74) is 0. The summed E-state index contributed by atoms with van der Waals surface area (Å²) in [6, 6.07) is 5.35. The Bertz CT molecular complexity index is 469. The largest absolute Gasteiger partial charge is 0.491 e. The number of halogens is 2. The predicted molar refractivity (Wildman–Crippen MR) is 82.9 cm³/mol. The summed E-state index contributed by atoms with van der Waals surface area (Å²) in [5.74, 6) is 2.43. The number of rotatable bonds is 4. The van der Waals surface area contributed by atoms with Gasteiger partial charge in [-0.05, 0) is 56.1 Å². The van der Waals surface area contributed by atoms with E-state index in [-0.39, 0.29) is 0 Å². The Labute approximate surface area is 130 Å². The van der Waals surface area contributed by atoms with Crippen LogP contribution in [-0.2, 0) is 0 Å². The minimum absolute atomic E-state index is 0.580. The molecule has 0 spiro atoms. The summed E-state index contributed by atoms with van der Waals surface area (Å²) >= 11 is 12.0. The Hall–Kier alpha value is -0.480. The number of benzene rings is 1. The van der Waals surface area contributed by atoms with Crippen LogP contribution in [0.5, 0.6) is 5.75 Å². The van der Waals surface area contributed by atoms with E-state index >= 15 is 0 Å². The third-order valence-electron chi connectivity index (χ3n) is 4.35. The molecule has 2 atom stereocenters. The van der Waals surface area contributed by atoms with Gasteiger partial charge in [-0.15, -0.1) is 0 Å². The molecule has 2 aliphatic heterocycles. The Balaban J connectivity index is 1.45. The van der Waals surface area contributed by atoms with Gasteiger partial charge in [-0.3, -0.25) is 4.90 Å². The van der Waals surface area contributed by atoms with E-state index in [1.165, 1.54) is 32.6 Å². The van der Waals surface area contributed by atoms with E-state index in [0.29, 0.717) is 22.4 Å². The Kier molecular flexibility index (Phi) is 4.72. The zero-order chi connectivity index (χ0) is 13.9. The summed E-state index contributed by atoms with van der Waals surface area (Å²) in [6.45, 7) is 6.38. The Morgan fingerprint density at radius 2 is 2.10 bits per heavy atom. The third kappa shape index (κ3) is 3.40. The molecule has 3 nitrogen and oxygen atoms in total. The van der Waals surface area contributed by atoms with Gasteiger partial charge in [-0.2, -0.15) is 0 Å². The van der Waals surface area contributed by atoms with Crippen LogP contribution < -0.4 is 10.1 Å². The molecule has 20 heavy (non-hydrogen) atoms. The van der Waals surface area contributed by atoms with E-state index in [1.54, 1.807) is 12.1 Å². The number of likely N-dealkylation sites (tertiary alicyclic amines) is 1. The maximum atomic E-state index is 6.09. The maximum Gasteiger partial charge on any atom is 0.138 e. The zero-order valence-electron chi connectivity index (χ0n) is 11.4. The lowest BCUT2D eigenvalue weighted by Gasteiger charge is -2.34. The van der Waals surface area contributed by atoms with Crippen molar-refractivity contribution in [3.63, 3.8) is 0 Å². The molecule has 0 radical (unpaired) electrons. The van der Waals surface area contributed by atoms with Crippen molar-refractivity contribution < 1.29 is 4.74 Å². The molecule has 0 amide bonds. The summed E-state index contributed by atoms with van der Waals surface area (Å²) in [6.07, 6.45) is 1.30. The fourth-order valence-corrected chi connectivity index (χ4v) is 3.65. The summed E-state index contributed by atoms with van der Waals surface area (Å²) in [5, 5.41) is 4.71. The fraction of sp³-hybridized carbons (Fsp3) is 0.600. The minimum atomic E-state index is 0.580. The van der Waals surface area contributed by atoms with E-state index < -0.39 is 0 Å². The van der Waals surface area contributed by atoms with Crippen molar-refractivity contribution >= 4 is 23.2 Å². The maximum absolute atomic E-state index is 6.09. The van der Waals surface area contributed by atoms with Crippen LogP contribution in [0.2, 0.25) is 10.0 Å². The second-order valence-electron chi connectivity index (χ2n) is 5.69. The fourth-order valence-electron chi connectivity index (χ4n) is 3.19. The monoisotopic (exact) mass is 314 g/mol. The molecule has 1 N–H and O–H groups in total. The van der Waals surface area contributed by atoms with Gasteiger partial charge < -0.3 is 10.1 Å². The number of nitrogens with one attached hydrogen (secondary N) is 1. The molecule has 0 bridgehead atoms. The average Bonchev–Trinajstić information content (AvgIpc) is 2.89. The number of hydrogen-bond donors (Lipinski definition) is 1. The highest BCUT2D eigenvalue weighted by molar-refractivity contribution is 6.35. The van der Waals surface area contributed by atoms with Crippen LogP contribution in [0.1, 0.15) is 6.42 Å². The molecule has 2 saturated heterocycles. The van der Waals surface area contributed by atoms with Crippen molar-refractivity contribution in [2.45, 2.75) is 6.42 Å². The molecule has 2 fully saturated rings. The highest BCUT2D eigenvalue weighted by atomic mass is 35.5. The van der Waals surface area contributed by atoms with Crippen molar-refractivity contribution in [2.75, 3.05) is 39.3 Å². The lowest BCUT2D eigenvalue weighted by atomic mass is 9.89. The van der Waals surface area contributed by atoms with Gasteiger partial charge in [0, 0.05) is 18.1 Å². The smallest absolute Gasteiger partial charge is 0.138 e. The number of hydrogen-bond acceptors (Lipinski definition) is 3. The Morgan fingerprint density at radius 1 is 1.25 bits per heavy atom. The minimum Gasteiger partial charge on any atom is -0.491 e. The summed E-state index contributed by atoms with van der Waals surface area (Å²) < 4.78 is 5.76. The lowest BCUT2D eigenvalue weighted by molar-refractivity contribution is 0.127. The molecule has 2 unspecified atom stereocenters. The first-order chi connectivity index (χ1) is 9.72. The molecule has 2 heterocycles. The van der Waals surface area contributed by atoms with Crippen LogP contribution >= 0.6 is 23.2 Å². The van der Waals surface area contributed by atoms with E-state index in [2.05, 4.69) is 10.2 Å². The number of piperidine rings is 1. The first-order valence-electron chi connectivity index (χ1n) is 7.23. The number of ether oxygens (including phenoxy) is 1. The van der Waals surface area contributed by atoms with Crippen LogP contribution in [0.25, 0.3) is 0 Å². The van der Waals surface area contributed by atoms with Crippen molar-refractivity contribution in [2.24, 2.45) is 11.8 Å². The average molecular weight is 315 g/mol. The first-order valence-corrected chi connectivity index (χ1v) is 7.99. The van der Waals surface area contributed by atoms with Gasteiger partial charge in [0.1, 0.15) is 12.4 Å². The second kappa shape index (κ2) is 6.52. The van der Waals surface area contributed by atoms with Gasteiger partial charge in [0.25, 0.3) is 0 Å². The van der Waals surface area contributed by atoms with Gasteiger partial charge in [0.05, 0.1) is 5.02 Å². The van der Waals surface area contributed by atoms with Gasteiger partial charge >= 0.3 is 0 Å². The van der Waals surface area contributed by atoms with Crippen LogP contribution in [0, 0.1) is 11.8 Å². The molecule has 1 aromatic carbocycles. The van der Waals surface area contributed by atoms with Crippen molar-refractivity contribution in [1.82, 2.24) is 10.2 Å². The quantitative estimate of drug-likeness (QED) is 0.925. The van der Waals surface area contributed by atoms with Crippen LogP contribution in [-0.4, -0.2) is 44.2 Å². The molecular formula is C15H20Cl2N2O. The second-order valence-corrected chi connectivity index (χ2v) is 6.53. The van der Waals surface area contributed by atoms with Crippen molar-refractivity contribution in [1.29, 1.82) is 0 Å². The number of nitrogens with zero attached hydrogens (tertiary/aromatic N) is 1. The summed E-state index contributed by atoms with van der Waals surface area (Å²) in [4.78, 5) is 2.50. The zero-order valence-corrected chi connectivity index (χ0v) is 13.0. The van der Waals surface area contributed by atoms with E-state index in [0.717, 1.165) is 18.4 Å². The lowest BCUT2D eigenvalue weighted by Crippen LogP contribution is -2.41. The van der Waals surface area contributed by atoms with Gasteiger partial charge in [-0.1, -0.05) is 23.2 Å². The molecule has 0 aromatic heterocycles.